The number of aromatic nitrogens is 1. The highest BCUT2D eigenvalue weighted by Crippen LogP contribution is 2.26. The summed E-state index contributed by atoms with van der Waals surface area (Å²) in [6.45, 7) is 10.2. The van der Waals surface area contributed by atoms with Gasteiger partial charge >= 0.3 is 0 Å². The predicted molar refractivity (Wildman–Crippen MR) is 78.2 cm³/mol. The first kappa shape index (κ1) is 14.6. The van der Waals surface area contributed by atoms with E-state index >= 15 is 0 Å². The third kappa shape index (κ3) is 5.77. The molecule has 1 aliphatic rings. The fourth-order valence-corrected chi connectivity index (χ4v) is 2.69. The van der Waals surface area contributed by atoms with E-state index in [1.165, 1.54) is 19.3 Å². The smallest absolute Gasteiger partial charge is 0.195 e. The maximum absolute atomic E-state index is 5.82. The van der Waals surface area contributed by atoms with Gasteiger partial charge in [0.15, 0.2) is 5.89 Å². The van der Waals surface area contributed by atoms with Crippen molar-refractivity contribution in [3.05, 3.63) is 17.8 Å². The van der Waals surface area contributed by atoms with Crippen molar-refractivity contribution < 1.29 is 4.42 Å². The van der Waals surface area contributed by atoms with Crippen LogP contribution in [-0.2, 0) is 12.8 Å². The van der Waals surface area contributed by atoms with Crippen molar-refractivity contribution in [3.63, 3.8) is 0 Å². The van der Waals surface area contributed by atoms with Crippen molar-refractivity contribution in [2.45, 2.75) is 65.8 Å². The summed E-state index contributed by atoms with van der Waals surface area (Å²) >= 11 is 0. The minimum atomic E-state index is 0.385. The predicted octanol–water partition coefficient (Wildman–Crippen LogP) is 3.58. The SMILES string of the molecule is CC(Cc1cnc(CCNC2CC2)o1)CC(C)(C)C. The molecule has 0 spiro atoms. The summed E-state index contributed by atoms with van der Waals surface area (Å²) in [6, 6.07) is 0.765. The Balaban J connectivity index is 1.72. The quantitative estimate of drug-likeness (QED) is 0.818. The van der Waals surface area contributed by atoms with Crippen LogP contribution in [-0.4, -0.2) is 17.6 Å². The Bertz CT molecular complexity index is 388. The molecule has 1 fully saturated rings. The van der Waals surface area contributed by atoms with Gasteiger partial charge in [-0.05, 0) is 30.6 Å². The molecule has 0 aromatic carbocycles. The number of hydrogen-bond donors (Lipinski definition) is 1. The van der Waals surface area contributed by atoms with Crippen molar-refractivity contribution >= 4 is 0 Å². The summed E-state index contributed by atoms with van der Waals surface area (Å²) in [5.41, 5.74) is 0.385. The van der Waals surface area contributed by atoms with E-state index < -0.39 is 0 Å². The molecule has 1 unspecified atom stereocenters. The highest BCUT2D eigenvalue weighted by molar-refractivity contribution is 4.96. The van der Waals surface area contributed by atoms with Crippen LogP contribution >= 0.6 is 0 Å². The van der Waals surface area contributed by atoms with Crippen LogP contribution in [0.15, 0.2) is 10.6 Å². The average Bonchev–Trinajstić information content (AvgIpc) is 2.97. The van der Waals surface area contributed by atoms with Gasteiger partial charge in [0, 0.05) is 25.4 Å². The molecule has 108 valence electrons. The Morgan fingerprint density at radius 3 is 2.79 bits per heavy atom. The van der Waals surface area contributed by atoms with Crippen LogP contribution in [0.5, 0.6) is 0 Å². The largest absolute Gasteiger partial charge is 0.446 e. The molecule has 19 heavy (non-hydrogen) atoms. The third-order valence-electron chi connectivity index (χ3n) is 3.46. The van der Waals surface area contributed by atoms with Crippen LogP contribution in [0.25, 0.3) is 0 Å². The monoisotopic (exact) mass is 264 g/mol. The number of oxazole rings is 1. The first-order valence-electron chi connectivity index (χ1n) is 7.59. The zero-order chi connectivity index (χ0) is 13.9. The van der Waals surface area contributed by atoms with E-state index in [1.54, 1.807) is 0 Å². The van der Waals surface area contributed by atoms with Gasteiger partial charge in [-0.1, -0.05) is 27.7 Å². The number of nitrogens with one attached hydrogen (secondary N) is 1. The van der Waals surface area contributed by atoms with E-state index in [9.17, 15) is 0 Å². The molecule has 1 aromatic rings. The molecule has 1 N–H and O–H groups in total. The van der Waals surface area contributed by atoms with Gasteiger partial charge in [0.1, 0.15) is 5.76 Å². The lowest BCUT2D eigenvalue weighted by Gasteiger charge is -2.22. The zero-order valence-electron chi connectivity index (χ0n) is 12.8. The van der Waals surface area contributed by atoms with E-state index in [4.69, 9.17) is 4.42 Å². The Labute approximate surface area is 117 Å². The van der Waals surface area contributed by atoms with Gasteiger partial charge in [-0.25, -0.2) is 4.98 Å². The lowest BCUT2D eigenvalue weighted by molar-refractivity contribution is 0.294. The van der Waals surface area contributed by atoms with Crippen LogP contribution in [0.2, 0.25) is 0 Å². The summed E-state index contributed by atoms with van der Waals surface area (Å²) < 4.78 is 5.82. The maximum atomic E-state index is 5.82. The molecule has 0 radical (unpaired) electrons. The van der Waals surface area contributed by atoms with Crippen LogP contribution in [0.1, 0.15) is 58.6 Å². The summed E-state index contributed by atoms with van der Waals surface area (Å²) in [5, 5.41) is 3.49. The van der Waals surface area contributed by atoms with Crippen molar-refractivity contribution in [1.82, 2.24) is 10.3 Å². The van der Waals surface area contributed by atoms with E-state index in [1.807, 2.05) is 6.20 Å². The lowest BCUT2D eigenvalue weighted by atomic mass is 9.84. The van der Waals surface area contributed by atoms with E-state index in [0.29, 0.717) is 11.3 Å². The molecule has 1 heterocycles. The van der Waals surface area contributed by atoms with Crippen LogP contribution in [0.4, 0.5) is 0 Å². The first-order chi connectivity index (χ1) is 8.92. The standard InChI is InChI=1S/C16H28N2O/c1-12(10-16(2,3)4)9-14-11-18-15(19-14)7-8-17-13-5-6-13/h11-13,17H,5-10H2,1-4H3. The van der Waals surface area contributed by atoms with Crippen molar-refractivity contribution in [2.24, 2.45) is 11.3 Å². The second-order valence-electron chi connectivity index (χ2n) is 7.27. The van der Waals surface area contributed by atoms with Gasteiger partial charge in [0.25, 0.3) is 0 Å². The molecule has 0 aliphatic heterocycles. The van der Waals surface area contributed by atoms with E-state index in [-0.39, 0.29) is 0 Å². The molecular weight excluding hydrogens is 236 g/mol. The summed E-state index contributed by atoms with van der Waals surface area (Å²) in [4.78, 5) is 4.38. The number of hydrogen-bond acceptors (Lipinski definition) is 3. The lowest BCUT2D eigenvalue weighted by Crippen LogP contribution is -2.19. The fraction of sp³-hybridized carbons (Fsp3) is 0.812. The minimum absolute atomic E-state index is 0.385. The molecule has 3 heteroatoms. The van der Waals surface area contributed by atoms with Gasteiger partial charge < -0.3 is 9.73 Å². The van der Waals surface area contributed by atoms with Gasteiger partial charge in [-0.15, -0.1) is 0 Å². The van der Waals surface area contributed by atoms with Crippen molar-refractivity contribution in [3.8, 4) is 0 Å². The average molecular weight is 264 g/mol. The number of rotatable bonds is 7. The Morgan fingerprint density at radius 2 is 2.16 bits per heavy atom. The highest BCUT2D eigenvalue weighted by Gasteiger charge is 2.20. The Morgan fingerprint density at radius 1 is 1.42 bits per heavy atom. The minimum Gasteiger partial charge on any atom is -0.446 e. The van der Waals surface area contributed by atoms with Crippen LogP contribution in [0.3, 0.4) is 0 Å². The summed E-state index contributed by atoms with van der Waals surface area (Å²) in [5.74, 6) is 2.56. The maximum Gasteiger partial charge on any atom is 0.195 e. The van der Waals surface area contributed by atoms with Crippen molar-refractivity contribution in [2.75, 3.05) is 6.54 Å². The van der Waals surface area contributed by atoms with Crippen LogP contribution < -0.4 is 5.32 Å². The molecule has 3 nitrogen and oxygen atoms in total. The summed E-state index contributed by atoms with van der Waals surface area (Å²) in [7, 11) is 0. The zero-order valence-corrected chi connectivity index (χ0v) is 12.8. The third-order valence-corrected chi connectivity index (χ3v) is 3.46. The second kappa shape index (κ2) is 6.08. The number of nitrogens with zero attached hydrogens (tertiary/aromatic N) is 1. The molecule has 1 atom stereocenters. The van der Waals surface area contributed by atoms with Crippen LogP contribution in [0, 0.1) is 11.3 Å². The summed E-state index contributed by atoms with van der Waals surface area (Å²) in [6.07, 6.45) is 7.70. The topological polar surface area (TPSA) is 38.1 Å². The molecule has 1 saturated carbocycles. The normalized spacial score (nSPS) is 17.7. The highest BCUT2D eigenvalue weighted by atomic mass is 16.4. The van der Waals surface area contributed by atoms with Gasteiger partial charge in [-0.2, -0.15) is 0 Å². The molecule has 1 aliphatic carbocycles. The van der Waals surface area contributed by atoms with Gasteiger partial charge in [0.2, 0.25) is 0 Å². The molecule has 1 aromatic heterocycles. The Kier molecular flexibility index (Phi) is 4.67. The fourth-order valence-electron chi connectivity index (χ4n) is 2.69. The van der Waals surface area contributed by atoms with Gasteiger partial charge in [0.05, 0.1) is 6.20 Å². The molecular formula is C16H28N2O. The van der Waals surface area contributed by atoms with Gasteiger partial charge in [-0.3, -0.25) is 0 Å². The molecule has 2 rings (SSSR count). The first-order valence-corrected chi connectivity index (χ1v) is 7.59. The molecule has 0 bridgehead atoms. The molecule has 0 saturated heterocycles. The van der Waals surface area contributed by atoms with Crippen molar-refractivity contribution in [1.29, 1.82) is 0 Å². The van der Waals surface area contributed by atoms with E-state index in [0.717, 1.165) is 37.1 Å². The van der Waals surface area contributed by atoms with E-state index in [2.05, 4.69) is 38.0 Å². The Hall–Kier alpha value is -0.830. The molecule has 0 amide bonds. The second-order valence-corrected chi connectivity index (χ2v) is 7.27.